The molecule has 1 fully saturated rings. The molecule has 1 aromatic heterocycles. The van der Waals surface area contributed by atoms with Crippen molar-refractivity contribution >= 4 is 5.91 Å². The van der Waals surface area contributed by atoms with Gasteiger partial charge in [0.1, 0.15) is 0 Å². The fraction of sp³-hybridized carbons (Fsp3) is 0.643. The number of aromatic nitrogens is 1. The highest BCUT2D eigenvalue weighted by Gasteiger charge is 2.18. The summed E-state index contributed by atoms with van der Waals surface area (Å²) in [6.45, 7) is 8.88. The van der Waals surface area contributed by atoms with E-state index < -0.39 is 0 Å². The third-order valence-electron chi connectivity index (χ3n) is 3.81. The molecule has 0 spiro atoms. The van der Waals surface area contributed by atoms with E-state index in [9.17, 15) is 4.79 Å². The molecule has 1 unspecified atom stereocenters. The van der Waals surface area contributed by atoms with Gasteiger partial charge >= 0.3 is 0 Å². The van der Waals surface area contributed by atoms with Gasteiger partial charge < -0.3 is 15.2 Å². The molecule has 1 saturated heterocycles. The number of carbonyl (C=O) groups is 1. The van der Waals surface area contributed by atoms with E-state index in [0.29, 0.717) is 6.04 Å². The van der Waals surface area contributed by atoms with E-state index in [2.05, 4.69) is 22.1 Å². The van der Waals surface area contributed by atoms with Crippen molar-refractivity contribution in [3.8, 4) is 0 Å². The van der Waals surface area contributed by atoms with Crippen LogP contribution in [-0.4, -0.2) is 29.6 Å². The van der Waals surface area contributed by atoms with Crippen LogP contribution in [0.25, 0.3) is 0 Å². The monoisotopic (exact) mass is 249 g/mol. The van der Waals surface area contributed by atoms with E-state index in [-0.39, 0.29) is 5.91 Å². The highest BCUT2D eigenvalue weighted by Crippen LogP contribution is 2.15. The van der Waals surface area contributed by atoms with Crippen LogP contribution in [0.3, 0.4) is 0 Å². The van der Waals surface area contributed by atoms with Crippen molar-refractivity contribution < 1.29 is 4.79 Å². The van der Waals surface area contributed by atoms with Gasteiger partial charge in [-0.2, -0.15) is 0 Å². The van der Waals surface area contributed by atoms with Gasteiger partial charge in [0.25, 0.3) is 5.91 Å². The molecule has 1 aliphatic heterocycles. The van der Waals surface area contributed by atoms with E-state index in [1.165, 1.54) is 6.42 Å². The highest BCUT2D eigenvalue weighted by atomic mass is 16.1. The van der Waals surface area contributed by atoms with Crippen LogP contribution in [0.4, 0.5) is 0 Å². The summed E-state index contributed by atoms with van der Waals surface area (Å²) in [5.74, 6) is 0.0523. The summed E-state index contributed by atoms with van der Waals surface area (Å²) in [5, 5.41) is 6.42. The van der Waals surface area contributed by atoms with Crippen LogP contribution in [0, 0.1) is 13.8 Å². The third kappa shape index (κ3) is 2.58. The molecule has 0 saturated carbocycles. The van der Waals surface area contributed by atoms with E-state index >= 15 is 0 Å². The lowest BCUT2D eigenvalue weighted by molar-refractivity contribution is 0.0949. The number of carbonyl (C=O) groups excluding carboxylic acids is 1. The second-order valence-electron chi connectivity index (χ2n) is 5.03. The molecule has 1 amide bonds. The molecule has 2 heterocycles. The summed E-state index contributed by atoms with van der Waals surface area (Å²) >= 11 is 0. The van der Waals surface area contributed by atoms with Crippen LogP contribution in [0.15, 0.2) is 6.07 Å². The van der Waals surface area contributed by atoms with Crippen LogP contribution in [-0.2, 0) is 6.54 Å². The molecule has 4 heteroatoms. The molecule has 18 heavy (non-hydrogen) atoms. The Labute approximate surface area is 109 Å². The van der Waals surface area contributed by atoms with Gasteiger partial charge in [0.05, 0.1) is 5.56 Å². The Morgan fingerprint density at radius 3 is 2.89 bits per heavy atom. The number of hydrogen-bond donors (Lipinski definition) is 2. The van der Waals surface area contributed by atoms with Gasteiger partial charge in [0, 0.05) is 30.5 Å². The van der Waals surface area contributed by atoms with E-state index in [0.717, 1.165) is 43.0 Å². The topological polar surface area (TPSA) is 46.1 Å². The zero-order valence-corrected chi connectivity index (χ0v) is 11.5. The molecule has 1 aliphatic rings. The maximum Gasteiger partial charge on any atom is 0.253 e. The largest absolute Gasteiger partial charge is 0.350 e. The minimum atomic E-state index is 0.0523. The van der Waals surface area contributed by atoms with Crippen molar-refractivity contribution in [3.05, 3.63) is 23.0 Å². The molecule has 0 aromatic carbocycles. The molecule has 0 radical (unpaired) electrons. The Balaban J connectivity index is 2.00. The molecule has 1 atom stereocenters. The Morgan fingerprint density at radius 1 is 1.56 bits per heavy atom. The molecule has 0 aliphatic carbocycles. The van der Waals surface area contributed by atoms with Gasteiger partial charge in [-0.3, -0.25) is 4.79 Å². The maximum absolute atomic E-state index is 12.2. The molecule has 4 nitrogen and oxygen atoms in total. The summed E-state index contributed by atoms with van der Waals surface area (Å²) in [4.78, 5) is 12.2. The number of aryl methyl sites for hydroxylation is 1. The molecular formula is C14H23N3O. The molecule has 0 bridgehead atoms. The predicted octanol–water partition coefficient (Wildman–Crippen LogP) is 1.61. The number of nitrogens with one attached hydrogen (secondary N) is 2. The van der Waals surface area contributed by atoms with Crippen LogP contribution in [0.5, 0.6) is 0 Å². The van der Waals surface area contributed by atoms with Gasteiger partial charge in [0.15, 0.2) is 0 Å². The van der Waals surface area contributed by atoms with E-state index in [4.69, 9.17) is 0 Å². The number of nitrogens with zero attached hydrogens (tertiary/aromatic N) is 1. The van der Waals surface area contributed by atoms with Crippen molar-refractivity contribution in [2.75, 3.05) is 13.1 Å². The molecule has 100 valence electrons. The molecule has 1 aromatic rings. The summed E-state index contributed by atoms with van der Waals surface area (Å²) < 4.78 is 2.17. The van der Waals surface area contributed by atoms with Gasteiger partial charge in [-0.05, 0) is 46.2 Å². The van der Waals surface area contributed by atoms with Crippen molar-refractivity contribution in [3.63, 3.8) is 0 Å². The van der Waals surface area contributed by atoms with Crippen molar-refractivity contribution in [2.24, 2.45) is 0 Å². The lowest BCUT2D eigenvalue weighted by Crippen LogP contribution is -2.37. The Morgan fingerprint density at radius 2 is 2.33 bits per heavy atom. The van der Waals surface area contributed by atoms with Crippen LogP contribution in [0.1, 0.15) is 41.5 Å². The number of hydrogen-bond acceptors (Lipinski definition) is 2. The predicted molar refractivity (Wildman–Crippen MR) is 72.9 cm³/mol. The Bertz CT molecular complexity index is 430. The lowest BCUT2D eigenvalue weighted by atomic mass is 10.2. The number of rotatable bonds is 4. The first-order valence-corrected chi connectivity index (χ1v) is 6.81. The van der Waals surface area contributed by atoms with E-state index in [1.807, 2.05) is 19.9 Å². The molecular weight excluding hydrogens is 226 g/mol. The highest BCUT2D eigenvalue weighted by molar-refractivity contribution is 5.95. The second-order valence-corrected chi connectivity index (χ2v) is 5.03. The van der Waals surface area contributed by atoms with Gasteiger partial charge in [0.2, 0.25) is 0 Å². The fourth-order valence-electron chi connectivity index (χ4n) is 2.76. The van der Waals surface area contributed by atoms with Gasteiger partial charge in [-0.25, -0.2) is 0 Å². The Hall–Kier alpha value is -1.29. The smallest absolute Gasteiger partial charge is 0.253 e. The normalized spacial score (nSPS) is 19.2. The standard InChI is InChI=1S/C14H23N3O/c1-4-17-10(2)8-13(11(17)3)14(18)16-9-12-6-5-7-15-12/h8,12,15H,4-7,9H2,1-3H3,(H,16,18). The summed E-state index contributed by atoms with van der Waals surface area (Å²) in [6, 6.07) is 2.43. The summed E-state index contributed by atoms with van der Waals surface area (Å²) in [5.41, 5.74) is 3.03. The number of amides is 1. The quantitative estimate of drug-likeness (QED) is 0.851. The average molecular weight is 249 g/mol. The molecule has 2 rings (SSSR count). The average Bonchev–Trinajstić information content (AvgIpc) is 2.95. The lowest BCUT2D eigenvalue weighted by Gasteiger charge is -2.11. The Kier molecular flexibility index (Phi) is 4.07. The summed E-state index contributed by atoms with van der Waals surface area (Å²) in [7, 11) is 0. The SMILES string of the molecule is CCn1c(C)cc(C(=O)NCC2CCCN2)c1C. The van der Waals surface area contributed by atoms with E-state index in [1.54, 1.807) is 0 Å². The zero-order valence-electron chi connectivity index (χ0n) is 11.5. The second kappa shape index (κ2) is 5.57. The third-order valence-corrected chi connectivity index (χ3v) is 3.81. The molecule has 2 N–H and O–H groups in total. The first-order valence-electron chi connectivity index (χ1n) is 6.81. The van der Waals surface area contributed by atoms with Crippen molar-refractivity contribution in [1.82, 2.24) is 15.2 Å². The van der Waals surface area contributed by atoms with Crippen molar-refractivity contribution in [1.29, 1.82) is 0 Å². The zero-order chi connectivity index (χ0) is 13.1. The minimum Gasteiger partial charge on any atom is -0.350 e. The van der Waals surface area contributed by atoms with Crippen LogP contribution in [0.2, 0.25) is 0 Å². The first kappa shape index (κ1) is 13.1. The first-order chi connectivity index (χ1) is 8.63. The van der Waals surface area contributed by atoms with Crippen LogP contribution >= 0.6 is 0 Å². The van der Waals surface area contributed by atoms with Crippen LogP contribution < -0.4 is 10.6 Å². The maximum atomic E-state index is 12.2. The fourth-order valence-corrected chi connectivity index (χ4v) is 2.76. The van der Waals surface area contributed by atoms with Gasteiger partial charge in [-0.1, -0.05) is 0 Å². The van der Waals surface area contributed by atoms with Crippen molar-refractivity contribution in [2.45, 2.75) is 46.2 Å². The summed E-state index contributed by atoms with van der Waals surface area (Å²) in [6.07, 6.45) is 2.37. The van der Waals surface area contributed by atoms with Gasteiger partial charge in [-0.15, -0.1) is 0 Å². The minimum absolute atomic E-state index is 0.0523.